The van der Waals surface area contributed by atoms with Crippen LogP contribution in [-0.4, -0.2) is 45.5 Å². The zero-order chi connectivity index (χ0) is 17.7. The van der Waals surface area contributed by atoms with Crippen LogP contribution in [0.2, 0.25) is 0 Å². The van der Waals surface area contributed by atoms with Crippen LogP contribution in [0.5, 0.6) is 0 Å². The number of aryl methyl sites for hydroxylation is 1. The number of aliphatic imine (C=N–C) groups is 1. The van der Waals surface area contributed by atoms with Crippen molar-refractivity contribution < 1.29 is 4.74 Å². The van der Waals surface area contributed by atoms with E-state index in [4.69, 9.17) is 9.73 Å². The SMILES string of the molecule is Cc1nnc(CN=C(NC2CC2)NC2C3CCOC3C23CCCC3)n1C.I. The number of hydrogen-bond acceptors (Lipinski definition) is 4. The van der Waals surface area contributed by atoms with Crippen LogP contribution in [0.3, 0.4) is 0 Å². The number of nitrogens with zero attached hydrogens (tertiary/aromatic N) is 4. The molecule has 3 saturated carbocycles. The van der Waals surface area contributed by atoms with Gasteiger partial charge in [0.2, 0.25) is 0 Å². The number of halogens is 1. The van der Waals surface area contributed by atoms with E-state index in [0.717, 1.165) is 24.2 Å². The fourth-order valence-corrected chi connectivity index (χ4v) is 5.34. The van der Waals surface area contributed by atoms with E-state index >= 15 is 0 Å². The monoisotopic (exact) mass is 486 g/mol. The third-order valence-corrected chi connectivity index (χ3v) is 7.06. The first-order valence-electron chi connectivity index (χ1n) is 10.2. The third-order valence-electron chi connectivity index (χ3n) is 7.06. The standard InChI is InChI=1S/C19H30N6O.HI/c1-12-23-24-15(25(12)2)11-20-18(21-13-5-6-13)22-16-14-7-10-26-17(14)19(16)8-3-4-9-19;/h13-14,16-17H,3-11H2,1-2H3,(H2,20,21,22);1H. The Morgan fingerprint density at radius 3 is 2.67 bits per heavy atom. The molecule has 2 heterocycles. The Balaban J connectivity index is 0.00000180. The summed E-state index contributed by atoms with van der Waals surface area (Å²) in [5.41, 5.74) is 0.342. The third kappa shape index (κ3) is 3.36. The van der Waals surface area contributed by atoms with Crippen molar-refractivity contribution in [3.05, 3.63) is 11.6 Å². The highest BCUT2D eigenvalue weighted by atomic mass is 127. The lowest BCUT2D eigenvalue weighted by Gasteiger charge is -2.57. The van der Waals surface area contributed by atoms with E-state index in [1.807, 2.05) is 18.5 Å². The number of nitrogens with one attached hydrogen (secondary N) is 2. The first kappa shape index (κ1) is 19.4. The first-order chi connectivity index (χ1) is 12.7. The summed E-state index contributed by atoms with van der Waals surface area (Å²) in [6.45, 7) is 3.46. The number of guanidine groups is 1. The second kappa shape index (κ2) is 7.50. The van der Waals surface area contributed by atoms with Gasteiger partial charge in [-0.25, -0.2) is 4.99 Å². The quantitative estimate of drug-likeness (QED) is 0.388. The lowest BCUT2D eigenvalue weighted by atomic mass is 9.54. The van der Waals surface area contributed by atoms with Gasteiger partial charge in [-0.2, -0.15) is 0 Å². The molecule has 8 heteroatoms. The van der Waals surface area contributed by atoms with Gasteiger partial charge in [0, 0.05) is 37.1 Å². The zero-order valence-corrected chi connectivity index (χ0v) is 18.6. The van der Waals surface area contributed by atoms with E-state index in [-0.39, 0.29) is 24.0 Å². The Labute approximate surface area is 178 Å². The Morgan fingerprint density at radius 2 is 2.00 bits per heavy atom. The van der Waals surface area contributed by atoms with Gasteiger partial charge in [-0.3, -0.25) is 0 Å². The predicted octanol–water partition coefficient (Wildman–Crippen LogP) is 2.29. The van der Waals surface area contributed by atoms with Crippen molar-refractivity contribution in [1.29, 1.82) is 0 Å². The van der Waals surface area contributed by atoms with E-state index in [0.29, 0.717) is 36.1 Å². The smallest absolute Gasteiger partial charge is 0.192 e. The van der Waals surface area contributed by atoms with Gasteiger partial charge in [-0.1, -0.05) is 12.8 Å². The molecular weight excluding hydrogens is 455 g/mol. The number of hydrogen-bond donors (Lipinski definition) is 2. The molecule has 0 radical (unpaired) electrons. The summed E-state index contributed by atoms with van der Waals surface area (Å²) in [7, 11) is 2.00. The van der Waals surface area contributed by atoms with Crippen molar-refractivity contribution in [3.63, 3.8) is 0 Å². The maximum Gasteiger partial charge on any atom is 0.192 e. The zero-order valence-electron chi connectivity index (χ0n) is 16.3. The average Bonchev–Trinajstić information content (AvgIpc) is 3.03. The molecule has 4 fully saturated rings. The summed E-state index contributed by atoms with van der Waals surface area (Å²) in [5.74, 6) is 3.44. The van der Waals surface area contributed by atoms with Crippen molar-refractivity contribution in [2.45, 2.75) is 76.6 Å². The number of ether oxygens (including phenoxy) is 1. The van der Waals surface area contributed by atoms with Gasteiger partial charge >= 0.3 is 0 Å². The molecule has 2 N–H and O–H groups in total. The van der Waals surface area contributed by atoms with E-state index in [9.17, 15) is 0 Å². The minimum atomic E-state index is 0. The van der Waals surface area contributed by atoms with E-state index in [1.165, 1.54) is 44.9 Å². The molecule has 1 aromatic heterocycles. The van der Waals surface area contributed by atoms with Crippen molar-refractivity contribution in [2.75, 3.05) is 6.61 Å². The van der Waals surface area contributed by atoms with Gasteiger partial charge in [0.1, 0.15) is 12.4 Å². The molecule has 0 aromatic carbocycles. The second-order valence-electron chi connectivity index (χ2n) is 8.61. The van der Waals surface area contributed by atoms with Gasteiger partial charge in [0.25, 0.3) is 0 Å². The molecule has 0 bridgehead atoms. The topological polar surface area (TPSA) is 76.4 Å². The maximum atomic E-state index is 6.12. The molecule has 1 saturated heterocycles. The normalized spacial score (nSPS) is 31.3. The van der Waals surface area contributed by atoms with Crippen LogP contribution >= 0.6 is 24.0 Å². The largest absolute Gasteiger partial charge is 0.377 e. The van der Waals surface area contributed by atoms with Crippen LogP contribution in [0.1, 0.15) is 56.6 Å². The summed E-state index contributed by atoms with van der Waals surface area (Å²) in [6.07, 6.45) is 9.42. The molecule has 150 valence electrons. The molecule has 4 aliphatic rings. The Bertz CT molecular complexity index is 709. The Morgan fingerprint density at radius 1 is 1.22 bits per heavy atom. The molecule has 27 heavy (non-hydrogen) atoms. The lowest BCUT2D eigenvalue weighted by molar-refractivity contribution is -0.125. The number of rotatable bonds is 4. The van der Waals surface area contributed by atoms with Crippen LogP contribution in [0.15, 0.2) is 4.99 Å². The van der Waals surface area contributed by atoms with Crippen LogP contribution in [-0.2, 0) is 18.3 Å². The van der Waals surface area contributed by atoms with Gasteiger partial charge in [-0.05, 0) is 39.0 Å². The van der Waals surface area contributed by atoms with Gasteiger partial charge in [0.15, 0.2) is 11.8 Å². The summed E-state index contributed by atoms with van der Waals surface area (Å²) in [5, 5.41) is 15.8. The van der Waals surface area contributed by atoms with Gasteiger partial charge in [-0.15, -0.1) is 34.2 Å². The van der Waals surface area contributed by atoms with Crippen molar-refractivity contribution in [1.82, 2.24) is 25.4 Å². The van der Waals surface area contributed by atoms with Crippen LogP contribution in [0.4, 0.5) is 0 Å². The lowest BCUT2D eigenvalue weighted by Crippen LogP contribution is -2.69. The van der Waals surface area contributed by atoms with Crippen molar-refractivity contribution in [3.8, 4) is 0 Å². The molecule has 3 unspecified atom stereocenters. The predicted molar refractivity (Wildman–Crippen MR) is 114 cm³/mol. The fraction of sp³-hybridized carbons (Fsp3) is 0.842. The average molecular weight is 486 g/mol. The highest BCUT2D eigenvalue weighted by Gasteiger charge is 2.65. The van der Waals surface area contributed by atoms with Crippen LogP contribution in [0, 0.1) is 18.3 Å². The number of aromatic nitrogens is 3. The van der Waals surface area contributed by atoms with E-state index < -0.39 is 0 Å². The van der Waals surface area contributed by atoms with Crippen molar-refractivity contribution in [2.24, 2.45) is 23.4 Å². The van der Waals surface area contributed by atoms with Crippen LogP contribution in [0.25, 0.3) is 0 Å². The highest BCUT2D eigenvalue weighted by molar-refractivity contribution is 14.0. The Kier molecular flexibility index (Phi) is 5.39. The molecule has 0 amide bonds. The molecular formula is C19H31IN6O. The fourth-order valence-electron chi connectivity index (χ4n) is 5.34. The summed E-state index contributed by atoms with van der Waals surface area (Å²) < 4.78 is 8.14. The van der Waals surface area contributed by atoms with Crippen LogP contribution < -0.4 is 10.6 Å². The minimum Gasteiger partial charge on any atom is -0.377 e. The second-order valence-corrected chi connectivity index (χ2v) is 8.61. The van der Waals surface area contributed by atoms with E-state index in [1.54, 1.807) is 0 Å². The first-order valence-corrected chi connectivity index (χ1v) is 10.2. The molecule has 5 rings (SSSR count). The molecule has 3 atom stereocenters. The molecule has 1 aromatic rings. The molecule has 1 spiro atoms. The molecule has 7 nitrogen and oxygen atoms in total. The summed E-state index contributed by atoms with van der Waals surface area (Å²) in [6, 6.07) is 1.08. The van der Waals surface area contributed by atoms with E-state index in [2.05, 4.69) is 20.8 Å². The number of fused-ring (bicyclic) bond motifs is 2. The Hall–Kier alpha value is -0.900. The summed E-state index contributed by atoms with van der Waals surface area (Å²) >= 11 is 0. The molecule has 1 aliphatic heterocycles. The van der Waals surface area contributed by atoms with Crippen molar-refractivity contribution >= 4 is 29.9 Å². The molecule has 3 aliphatic carbocycles. The maximum absolute atomic E-state index is 6.12. The highest BCUT2D eigenvalue weighted by Crippen LogP contribution is 2.60. The summed E-state index contributed by atoms with van der Waals surface area (Å²) in [4.78, 5) is 4.87. The van der Waals surface area contributed by atoms with Gasteiger partial charge < -0.3 is 19.9 Å². The van der Waals surface area contributed by atoms with Gasteiger partial charge in [0.05, 0.1) is 6.10 Å². The minimum absolute atomic E-state index is 0.